The van der Waals surface area contributed by atoms with E-state index in [1.165, 1.54) is 6.07 Å². The lowest BCUT2D eigenvalue weighted by Gasteiger charge is -2.23. The molecule has 0 spiro atoms. The first-order valence-electron chi connectivity index (χ1n) is 5.67. The van der Waals surface area contributed by atoms with E-state index in [0.29, 0.717) is 0 Å². The second-order valence-corrected chi connectivity index (χ2v) is 5.87. The third kappa shape index (κ3) is 3.58. The molecule has 102 valence electrons. The molecule has 1 fully saturated rings. The monoisotopic (exact) mass is 291 g/mol. The maximum atomic E-state index is 12.1. The maximum absolute atomic E-state index is 12.1. The van der Waals surface area contributed by atoms with E-state index < -0.39 is 10.0 Å². The largest absolute Gasteiger partial charge is 0.398 e. The van der Waals surface area contributed by atoms with Crippen LogP contribution < -0.4 is 15.8 Å². The van der Waals surface area contributed by atoms with Gasteiger partial charge in [0.05, 0.1) is 5.69 Å². The van der Waals surface area contributed by atoms with Crippen LogP contribution in [0.2, 0.25) is 0 Å². The number of nitrogens with two attached hydrogens (primary N) is 1. The number of sulfonamides is 1. The van der Waals surface area contributed by atoms with E-state index in [9.17, 15) is 8.42 Å². The van der Waals surface area contributed by atoms with Gasteiger partial charge < -0.3 is 11.1 Å². The molecule has 4 N–H and O–H groups in total. The zero-order chi connectivity index (χ0) is 12.3. The number of piperidine rings is 1. The van der Waals surface area contributed by atoms with E-state index >= 15 is 0 Å². The molecular weight excluding hydrogens is 274 g/mol. The Balaban J connectivity index is 0.00000162. The molecule has 0 unspecified atom stereocenters. The van der Waals surface area contributed by atoms with Crippen LogP contribution in [0.15, 0.2) is 29.2 Å². The standard InChI is InChI=1S/C11H17N3O2S.ClH/c12-10-3-1-2-4-11(10)17(15,16)14-9-5-7-13-8-6-9;/h1-4,9,13-14H,5-8,12H2;1H. The van der Waals surface area contributed by atoms with Crippen molar-refractivity contribution < 1.29 is 8.42 Å². The summed E-state index contributed by atoms with van der Waals surface area (Å²) in [7, 11) is -3.49. The molecule has 0 saturated carbocycles. The van der Waals surface area contributed by atoms with Crippen molar-refractivity contribution >= 4 is 28.1 Å². The Bertz CT molecular complexity index is 487. The van der Waals surface area contributed by atoms with Gasteiger partial charge in [0.15, 0.2) is 0 Å². The average Bonchev–Trinajstić information content (AvgIpc) is 2.30. The summed E-state index contributed by atoms with van der Waals surface area (Å²) < 4.78 is 26.9. The average molecular weight is 292 g/mol. The highest BCUT2D eigenvalue weighted by Crippen LogP contribution is 2.18. The normalized spacial score (nSPS) is 17.1. The van der Waals surface area contributed by atoms with E-state index in [4.69, 9.17) is 5.73 Å². The minimum absolute atomic E-state index is 0. The highest BCUT2D eigenvalue weighted by molar-refractivity contribution is 7.89. The molecule has 0 amide bonds. The topological polar surface area (TPSA) is 84.2 Å². The number of anilines is 1. The molecular formula is C11H18ClN3O2S. The van der Waals surface area contributed by atoms with Crippen LogP contribution in [-0.4, -0.2) is 27.5 Å². The Hall–Kier alpha value is -0.820. The Morgan fingerprint density at radius 3 is 2.44 bits per heavy atom. The van der Waals surface area contributed by atoms with E-state index in [1.54, 1.807) is 18.2 Å². The first kappa shape index (κ1) is 15.2. The van der Waals surface area contributed by atoms with E-state index in [-0.39, 0.29) is 29.0 Å². The van der Waals surface area contributed by atoms with Crippen LogP contribution in [0.4, 0.5) is 5.69 Å². The van der Waals surface area contributed by atoms with Gasteiger partial charge in [0.1, 0.15) is 4.90 Å². The number of nitrogens with one attached hydrogen (secondary N) is 2. The van der Waals surface area contributed by atoms with Crippen LogP contribution in [0.1, 0.15) is 12.8 Å². The molecule has 0 bridgehead atoms. The predicted molar refractivity (Wildman–Crippen MR) is 74.3 cm³/mol. The summed E-state index contributed by atoms with van der Waals surface area (Å²) in [6, 6.07) is 6.52. The maximum Gasteiger partial charge on any atom is 0.242 e. The summed E-state index contributed by atoms with van der Waals surface area (Å²) in [6.45, 7) is 1.69. The number of rotatable bonds is 3. The summed E-state index contributed by atoms with van der Waals surface area (Å²) in [5.74, 6) is 0. The number of hydrogen-bond acceptors (Lipinski definition) is 4. The van der Waals surface area contributed by atoms with Gasteiger partial charge in [0.2, 0.25) is 10.0 Å². The summed E-state index contributed by atoms with van der Waals surface area (Å²) in [6.07, 6.45) is 1.62. The van der Waals surface area contributed by atoms with Gasteiger partial charge in [-0.3, -0.25) is 0 Å². The van der Waals surface area contributed by atoms with E-state index in [0.717, 1.165) is 25.9 Å². The molecule has 0 radical (unpaired) electrons. The lowest BCUT2D eigenvalue weighted by Crippen LogP contribution is -2.42. The Morgan fingerprint density at radius 2 is 1.83 bits per heavy atom. The molecule has 1 aliphatic rings. The molecule has 18 heavy (non-hydrogen) atoms. The zero-order valence-corrected chi connectivity index (χ0v) is 11.6. The van der Waals surface area contributed by atoms with Crippen molar-refractivity contribution in [1.82, 2.24) is 10.0 Å². The highest BCUT2D eigenvalue weighted by Gasteiger charge is 2.22. The molecule has 0 aromatic heterocycles. The molecule has 2 rings (SSSR count). The fourth-order valence-corrected chi connectivity index (χ4v) is 3.39. The second-order valence-electron chi connectivity index (χ2n) is 4.18. The van der Waals surface area contributed by atoms with E-state index in [2.05, 4.69) is 10.0 Å². The zero-order valence-electron chi connectivity index (χ0n) is 9.93. The van der Waals surface area contributed by atoms with Gasteiger partial charge in [-0.05, 0) is 38.1 Å². The summed E-state index contributed by atoms with van der Waals surface area (Å²) in [5.41, 5.74) is 5.97. The van der Waals surface area contributed by atoms with Crippen LogP contribution in [0, 0.1) is 0 Å². The molecule has 7 heteroatoms. The number of hydrogen-bond donors (Lipinski definition) is 3. The van der Waals surface area contributed by atoms with E-state index in [1.807, 2.05) is 0 Å². The van der Waals surface area contributed by atoms with Gasteiger partial charge in [0, 0.05) is 6.04 Å². The number of para-hydroxylation sites is 1. The molecule has 1 saturated heterocycles. The van der Waals surface area contributed by atoms with Gasteiger partial charge in [-0.15, -0.1) is 12.4 Å². The van der Waals surface area contributed by atoms with Gasteiger partial charge in [0.25, 0.3) is 0 Å². The lowest BCUT2D eigenvalue weighted by atomic mass is 10.1. The lowest BCUT2D eigenvalue weighted by molar-refractivity contribution is 0.427. The second kappa shape index (κ2) is 6.38. The molecule has 1 aromatic rings. The van der Waals surface area contributed by atoms with Crippen molar-refractivity contribution in [2.45, 2.75) is 23.8 Å². The van der Waals surface area contributed by atoms with Crippen molar-refractivity contribution in [3.8, 4) is 0 Å². The number of halogens is 1. The van der Waals surface area contributed by atoms with Crippen LogP contribution in [0.5, 0.6) is 0 Å². The van der Waals surface area contributed by atoms with Crippen molar-refractivity contribution in [2.24, 2.45) is 0 Å². The van der Waals surface area contributed by atoms with Crippen LogP contribution in [0.3, 0.4) is 0 Å². The smallest absolute Gasteiger partial charge is 0.242 e. The summed E-state index contributed by atoms with van der Waals surface area (Å²) in [4.78, 5) is 0.165. The van der Waals surface area contributed by atoms with Crippen LogP contribution >= 0.6 is 12.4 Å². The molecule has 5 nitrogen and oxygen atoms in total. The molecule has 0 atom stereocenters. The van der Waals surface area contributed by atoms with Gasteiger partial charge >= 0.3 is 0 Å². The van der Waals surface area contributed by atoms with Crippen LogP contribution in [-0.2, 0) is 10.0 Å². The van der Waals surface area contributed by atoms with Gasteiger partial charge in [-0.1, -0.05) is 12.1 Å². The van der Waals surface area contributed by atoms with Crippen molar-refractivity contribution in [3.63, 3.8) is 0 Å². The van der Waals surface area contributed by atoms with Crippen LogP contribution in [0.25, 0.3) is 0 Å². The number of nitrogen functional groups attached to an aromatic ring is 1. The molecule has 1 heterocycles. The quantitative estimate of drug-likeness (QED) is 0.717. The van der Waals surface area contributed by atoms with Crippen molar-refractivity contribution in [2.75, 3.05) is 18.8 Å². The minimum Gasteiger partial charge on any atom is -0.398 e. The first-order valence-corrected chi connectivity index (χ1v) is 7.15. The Labute approximate surface area is 114 Å². The molecule has 1 aliphatic heterocycles. The predicted octanol–water partition coefficient (Wildman–Crippen LogP) is 0.721. The fourth-order valence-electron chi connectivity index (χ4n) is 1.95. The minimum atomic E-state index is -3.49. The summed E-state index contributed by atoms with van der Waals surface area (Å²) in [5, 5.41) is 3.19. The Kier molecular flexibility index (Phi) is 5.40. The number of benzene rings is 1. The SMILES string of the molecule is Cl.Nc1ccccc1S(=O)(=O)NC1CCNCC1. The molecule has 0 aliphatic carbocycles. The van der Waals surface area contributed by atoms with Crippen molar-refractivity contribution in [1.29, 1.82) is 0 Å². The molecule has 1 aromatic carbocycles. The third-order valence-electron chi connectivity index (χ3n) is 2.87. The van der Waals surface area contributed by atoms with Crippen molar-refractivity contribution in [3.05, 3.63) is 24.3 Å². The van der Waals surface area contributed by atoms with Gasteiger partial charge in [-0.2, -0.15) is 0 Å². The summed E-state index contributed by atoms with van der Waals surface area (Å²) >= 11 is 0. The third-order valence-corrected chi connectivity index (χ3v) is 4.46. The highest BCUT2D eigenvalue weighted by atomic mass is 35.5. The first-order chi connectivity index (χ1) is 8.09. The van der Waals surface area contributed by atoms with Gasteiger partial charge in [-0.25, -0.2) is 13.1 Å². The Morgan fingerprint density at radius 1 is 1.22 bits per heavy atom. The fraction of sp³-hybridized carbons (Fsp3) is 0.455.